The van der Waals surface area contributed by atoms with E-state index in [-0.39, 0.29) is 28.6 Å². The van der Waals surface area contributed by atoms with E-state index < -0.39 is 21.0 Å². The zero-order chi connectivity index (χ0) is 28.9. The highest BCUT2D eigenvalue weighted by atomic mass is 32.2. The molecule has 8 heteroatoms. The first-order chi connectivity index (χ1) is 19.1. The number of amides is 2. The second kappa shape index (κ2) is 12.1. The molecule has 0 radical (unpaired) electrons. The number of nitrogens with one attached hydrogen (secondary N) is 2. The van der Waals surface area contributed by atoms with Gasteiger partial charge >= 0.3 is 0 Å². The van der Waals surface area contributed by atoms with Crippen LogP contribution in [0, 0.1) is 6.92 Å². The maximum atomic E-state index is 13.3. The quantitative estimate of drug-likeness (QED) is 0.253. The Bertz CT molecular complexity index is 1660. The van der Waals surface area contributed by atoms with Crippen LogP contribution in [0.3, 0.4) is 0 Å². The molecule has 4 rings (SSSR count). The summed E-state index contributed by atoms with van der Waals surface area (Å²) in [4.78, 5) is 39.6. The Morgan fingerprint density at radius 3 is 2.02 bits per heavy atom. The van der Waals surface area contributed by atoms with Gasteiger partial charge in [0.25, 0.3) is 5.91 Å². The van der Waals surface area contributed by atoms with E-state index in [1.807, 2.05) is 19.1 Å². The molecule has 0 bridgehead atoms. The second-order valence-corrected chi connectivity index (χ2v) is 12.2. The van der Waals surface area contributed by atoms with Gasteiger partial charge in [0.15, 0.2) is 15.6 Å². The fraction of sp³-hybridized carbons (Fsp3) is 0.156. The van der Waals surface area contributed by atoms with Gasteiger partial charge in [0.1, 0.15) is 0 Å². The van der Waals surface area contributed by atoms with Crippen LogP contribution in [0.2, 0.25) is 0 Å². The van der Waals surface area contributed by atoms with Crippen molar-refractivity contribution in [3.63, 3.8) is 0 Å². The average Bonchev–Trinajstić information content (AvgIpc) is 2.94. The summed E-state index contributed by atoms with van der Waals surface area (Å²) in [6, 6.07) is 26.9. The fourth-order valence-electron chi connectivity index (χ4n) is 4.13. The first-order valence-corrected chi connectivity index (χ1v) is 14.3. The molecule has 0 unspecified atom stereocenters. The molecule has 4 aromatic carbocycles. The van der Waals surface area contributed by atoms with E-state index in [0.717, 1.165) is 5.56 Å². The molecule has 4 aromatic rings. The molecule has 0 saturated carbocycles. The van der Waals surface area contributed by atoms with Crippen LogP contribution < -0.4 is 10.6 Å². The Hall–Kier alpha value is -4.56. The van der Waals surface area contributed by atoms with Gasteiger partial charge in [-0.15, -0.1) is 0 Å². The number of hydrogen-bond donors (Lipinski definition) is 2. The van der Waals surface area contributed by atoms with Gasteiger partial charge in [0.2, 0.25) is 5.91 Å². The standard InChI is InChI=1S/C32H30N2O5S/c1-21(2)40(38,39)25-16-14-23(15-17-25)20-30(35)33-28-12-8-7-11-26(28)32(37)34-29-18-13-22(3)19-27(29)31(36)24-9-5-4-6-10-24/h4-19,21H,20H2,1-3H3,(H,33,35)(H,34,37). The van der Waals surface area contributed by atoms with Crippen molar-refractivity contribution in [2.24, 2.45) is 0 Å². The third kappa shape index (κ3) is 6.52. The molecule has 0 aliphatic heterocycles. The van der Waals surface area contributed by atoms with E-state index in [0.29, 0.717) is 28.1 Å². The predicted octanol–water partition coefficient (Wildman–Crippen LogP) is 5.84. The second-order valence-electron chi connectivity index (χ2n) is 9.71. The van der Waals surface area contributed by atoms with Crippen molar-refractivity contribution in [1.29, 1.82) is 0 Å². The summed E-state index contributed by atoms with van der Waals surface area (Å²) < 4.78 is 24.7. The Morgan fingerprint density at radius 2 is 1.35 bits per heavy atom. The van der Waals surface area contributed by atoms with Gasteiger partial charge < -0.3 is 10.6 Å². The molecule has 0 saturated heterocycles. The number of carbonyl (C=O) groups is 3. The lowest BCUT2D eigenvalue weighted by Crippen LogP contribution is -2.20. The smallest absolute Gasteiger partial charge is 0.257 e. The summed E-state index contributed by atoms with van der Waals surface area (Å²) in [5, 5.41) is 5.06. The van der Waals surface area contributed by atoms with Crippen LogP contribution in [0.1, 0.15) is 51.3 Å². The molecule has 0 spiro atoms. The van der Waals surface area contributed by atoms with Gasteiger partial charge in [-0.3, -0.25) is 14.4 Å². The topological polar surface area (TPSA) is 109 Å². The van der Waals surface area contributed by atoms with Gasteiger partial charge in [-0.25, -0.2) is 8.42 Å². The highest BCUT2D eigenvalue weighted by Crippen LogP contribution is 2.24. The Balaban J connectivity index is 1.51. The largest absolute Gasteiger partial charge is 0.325 e. The average molecular weight is 555 g/mol. The molecule has 2 N–H and O–H groups in total. The fourth-order valence-corrected chi connectivity index (χ4v) is 5.19. The molecule has 7 nitrogen and oxygen atoms in total. The van der Waals surface area contributed by atoms with E-state index in [9.17, 15) is 22.8 Å². The number of para-hydroxylation sites is 1. The molecule has 0 aromatic heterocycles. The zero-order valence-electron chi connectivity index (χ0n) is 22.5. The minimum absolute atomic E-state index is 0.00829. The van der Waals surface area contributed by atoms with Gasteiger partial charge in [-0.1, -0.05) is 66.2 Å². The molecule has 0 fully saturated rings. The molecule has 2 amide bonds. The van der Waals surface area contributed by atoms with Crippen LogP contribution in [0.25, 0.3) is 0 Å². The SMILES string of the molecule is Cc1ccc(NC(=O)c2ccccc2NC(=O)Cc2ccc(S(=O)(=O)C(C)C)cc2)c(C(=O)c2ccccc2)c1. The third-order valence-electron chi connectivity index (χ3n) is 6.39. The van der Waals surface area contributed by atoms with Crippen LogP contribution in [-0.4, -0.2) is 31.3 Å². The third-order valence-corrected chi connectivity index (χ3v) is 8.56. The lowest BCUT2D eigenvalue weighted by atomic mass is 9.99. The van der Waals surface area contributed by atoms with Gasteiger partial charge in [-0.2, -0.15) is 0 Å². The van der Waals surface area contributed by atoms with Crippen molar-refractivity contribution in [1.82, 2.24) is 0 Å². The van der Waals surface area contributed by atoms with Crippen molar-refractivity contribution >= 4 is 38.8 Å². The van der Waals surface area contributed by atoms with Crippen LogP contribution in [0.4, 0.5) is 11.4 Å². The number of carbonyl (C=O) groups excluding carboxylic acids is 3. The highest BCUT2D eigenvalue weighted by molar-refractivity contribution is 7.92. The van der Waals surface area contributed by atoms with Crippen molar-refractivity contribution < 1.29 is 22.8 Å². The number of anilines is 2. The van der Waals surface area contributed by atoms with Gasteiger partial charge in [0.05, 0.1) is 33.5 Å². The Kier molecular flexibility index (Phi) is 8.60. The normalized spacial score (nSPS) is 11.2. The molecular weight excluding hydrogens is 524 g/mol. The Morgan fingerprint density at radius 1 is 0.725 bits per heavy atom. The molecule has 0 heterocycles. The molecule has 0 aliphatic rings. The van der Waals surface area contributed by atoms with E-state index >= 15 is 0 Å². The summed E-state index contributed by atoms with van der Waals surface area (Å²) in [7, 11) is -3.40. The maximum Gasteiger partial charge on any atom is 0.257 e. The van der Waals surface area contributed by atoms with E-state index in [1.54, 1.807) is 86.6 Å². The summed E-state index contributed by atoms with van der Waals surface area (Å²) in [6.45, 7) is 5.10. The van der Waals surface area contributed by atoms with Crippen LogP contribution in [0.5, 0.6) is 0 Å². The number of ketones is 1. The van der Waals surface area contributed by atoms with E-state index in [2.05, 4.69) is 10.6 Å². The summed E-state index contributed by atoms with van der Waals surface area (Å²) in [5.74, 6) is -1.06. The van der Waals surface area contributed by atoms with E-state index in [4.69, 9.17) is 0 Å². The van der Waals surface area contributed by atoms with Crippen molar-refractivity contribution in [3.05, 3.63) is 125 Å². The molecule has 0 atom stereocenters. The number of rotatable bonds is 9. The highest BCUT2D eigenvalue weighted by Gasteiger charge is 2.20. The zero-order valence-corrected chi connectivity index (χ0v) is 23.3. The Labute approximate surface area is 234 Å². The van der Waals surface area contributed by atoms with Gasteiger partial charge in [-0.05, 0) is 62.7 Å². The van der Waals surface area contributed by atoms with Crippen molar-refractivity contribution in [3.8, 4) is 0 Å². The van der Waals surface area contributed by atoms with E-state index in [1.165, 1.54) is 12.1 Å². The number of hydrogen-bond acceptors (Lipinski definition) is 5. The summed E-state index contributed by atoms with van der Waals surface area (Å²) >= 11 is 0. The minimum atomic E-state index is -3.40. The van der Waals surface area contributed by atoms with Crippen LogP contribution in [-0.2, 0) is 21.1 Å². The monoisotopic (exact) mass is 554 g/mol. The first-order valence-electron chi connectivity index (χ1n) is 12.8. The molecular formula is C32H30N2O5S. The first kappa shape index (κ1) is 28.4. The minimum Gasteiger partial charge on any atom is -0.325 e. The molecule has 204 valence electrons. The number of aryl methyl sites for hydroxylation is 1. The predicted molar refractivity (Wildman–Crippen MR) is 157 cm³/mol. The van der Waals surface area contributed by atoms with Crippen LogP contribution in [0.15, 0.2) is 102 Å². The summed E-state index contributed by atoms with van der Waals surface area (Å²) in [6.07, 6.45) is -0.00829. The number of benzene rings is 4. The molecule has 0 aliphatic carbocycles. The van der Waals surface area contributed by atoms with Gasteiger partial charge in [0, 0.05) is 11.1 Å². The lowest BCUT2D eigenvalue weighted by Gasteiger charge is -2.14. The maximum absolute atomic E-state index is 13.3. The number of sulfone groups is 1. The summed E-state index contributed by atoms with van der Waals surface area (Å²) in [5.41, 5.74) is 3.28. The van der Waals surface area contributed by atoms with Crippen molar-refractivity contribution in [2.75, 3.05) is 10.6 Å². The van der Waals surface area contributed by atoms with Crippen LogP contribution >= 0.6 is 0 Å². The van der Waals surface area contributed by atoms with Crippen molar-refractivity contribution in [2.45, 2.75) is 37.3 Å². The lowest BCUT2D eigenvalue weighted by molar-refractivity contribution is -0.115. The molecule has 40 heavy (non-hydrogen) atoms.